The number of rotatable bonds is 4. The van der Waals surface area contributed by atoms with Gasteiger partial charge in [-0.2, -0.15) is 0 Å². The third kappa shape index (κ3) is 2.85. The number of anilines is 1. The number of benzene rings is 2. The van der Waals surface area contributed by atoms with Crippen molar-refractivity contribution in [1.29, 1.82) is 0 Å². The van der Waals surface area contributed by atoms with Gasteiger partial charge in [0.15, 0.2) is 0 Å². The van der Waals surface area contributed by atoms with E-state index in [4.69, 9.17) is 10.5 Å². The highest BCUT2D eigenvalue weighted by atomic mass is 79.9. The predicted molar refractivity (Wildman–Crippen MR) is 78.7 cm³/mol. The minimum Gasteiger partial charge on any atom is -0.489 e. The van der Waals surface area contributed by atoms with Gasteiger partial charge in [0.05, 0.1) is 0 Å². The van der Waals surface area contributed by atoms with E-state index in [1.165, 1.54) is 5.56 Å². The van der Waals surface area contributed by atoms with Crippen LogP contribution in [-0.2, 0) is 13.0 Å². The Morgan fingerprint density at radius 1 is 1.06 bits per heavy atom. The van der Waals surface area contributed by atoms with E-state index in [0.29, 0.717) is 6.61 Å². The largest absolute Gasteiger partial charge is 0.489 e. The Morgan fingerprint density at radius 2 is 1.78 bits per heavy atom. The Labute approximate surface area is 116 Å². The van der Waals surface area contributed by atoms with Crippen LogP contribution in [0.15, 0.2) is 46.9 Å². The fourth-order valence-corrected chi connectivity index (χ4v) is 2.18. The molecule has 94 valence electrons. The molecule has 18 heavy (non-hydrogen) atoms. The molecular weight excluding hydrogens is 290 g/mol. The minimum atomic E-state index is 0.517. The van der Waals surface area contributed by atoms with Crippen molar-refractivity contribution in [2.75, 3.05) is 5.73 Å². The molecule has 2 N–H and O–H groups in total. The molecule has 0 unspecified atom stereocenters. The molecule has 2 aromatic carbocycles. The van der Waals surface area contributed by atoms with Gasteiger partial charge in [0.2, 0.25) is 0 Å². The van der Waals surface area contributed by atoms with Crippen molar-refractivity contribution >= 4 is 21.6 Å². The van der Waals surface area contributed by atoms with E-state index < -0.39 is 0 Å². The molecule has 0 spiro atoms. The van der Waals surface area contributed by atoms with Gasteiger partial charge in [0, 0.05) is 15.7 Å². The monoisotopic (exact) mass is 305 g/mol. The number of nitrogens with two attached hydrogens (primary N) is 1. The molecule has 0 saturated carbocycles. The average Bonchev–Trinajstić information content (AvgIpc) is 2.41. The minimum absolute atomic E-state index is 0.517. The number of nitrogen functional groups attached to an aromatic ring is 1. The normalized spacial score (nSPS) is 10.3. The lowest BCUT2D eigenvalue weighted by Crippen LogP contribution is -2.00. The lowest BCUT2D eigenvalue weighted by Gasteiger charge is -2.12. The molecule has 0 atom stereocenters. The molecule has 0 aliphatic heterocycles. The number of hydrogen-bond donors (Lipinski definition) is 1. The lowest BCUT2D eigenvalue weighted by molar-refractivity contribution is 0.302. The second-order valence-corrected chi connectivity index (χ2v) is 4.86. The number of hydrogen-bond acceptors (Lipinski definition) is 2. The molecule has 0 aliphatic rings. The van der Waals surface area contributed by atoms with Crippen molar-refractivity contribution in [3.8, 4) is 5.75 Å². The van der Waals surface area contributed by atoms with E-state index in [1.54, 1.807) is 0 Å². The summed E-state index contributed by atoms with van der Waals surface area (Å²) in [5.74, 6) is 0.939. The van der Waals surface area contributed by atoms with Crippen LogP contribution in [0.5, 0.6) is 5.75 Å². The second kappa shape index (κ2) is 5.91. The highest BCUT2D eigenvalue weighted by Gasteiger charge is 2.05. The van der Waals surface area contributed by atoms with Gasteiger partial charge in [-0.15, -0.1) is 0 Å². The maximum atomic E-state index is 5.86. The van der Waals surface area contributed by atoms with Crippen LogP contribution in [0.2, 0.25) is 0 Å². The average molecular weight is 306 g/mol. The van der Waals surface area contributed by atoms with Crippen LogP contribution in [0.4, 0.5) is 5.69 Å². The van der Waals surface area contributed by atoms with Gasteiger partial charge in [-0.25, -0.2) is 0 Å². The molecule has 3 heteroatoms. The summed E-state index contributed by atoms with van der Waals surface area (Å²) in [7, 11) is 0. The summed E-state index contributed by atoms with van der Waals surface area (Å²) in [6.45, 7) is 2.64. The molecule has 0 aromatic heterocycles. The van der Waals surface area contributed by atoms with Crippen LogP contribution in [0.25, 0.3) is 0 Å². The molecule has 0 radical (unpaired) electrons. The van der Waals surface area contributed by atoms with E-state index in [1.807, 2.05) is 36.4 Å². The number of halogens is 1. The summed E-state index contributed by atoms with van der Waals surface area (Å²) < 4.78 is 6.78. The first-order valence-corrected chi connectivity index (χ1v) is 6.75. The van der Waals surface area contributed by atoms with Gasteiger partial charge in [-0.3, -0.25) is 0 Å². The Bertz CT molecular complexity index is 540. The standard InChI is InChI=1S/C15H16BrNO/c1-2-11-6-3-4-9-14(11)18-10-12-7-5-8-13(17)15(12)16/h3-9H,2,10,17H2,1H3. The second-order valence-electron chi connectivity index (χ2n) is 4.07. The van der Waals surface area contributed by atoms with Crippen LogP contribution in [0.3, 0.4) is 0 Å². The van der Waals surface area contributed by atoms with E-state index >= 15 is 0 Å². The first kappa shape index (κ1) is 13.0. The number of ether oxygens (including phenoxy) is 1. The number of para-hydroxylation sites is 1. The smallest absolute Gasteiger partial charge is 0.122 e. The fraction of sp³-hybridized carbons (Fsp3) is 0.200. The van der Waals surface area contributed by atoms with E-state index in [2.05, 4.69) is 28.9 Å². The Morgan fingerprint density at radius 3 is 2.56 bits per heavy atom. The lowest BCUT2D eigenvalue weighted by atomic mass is 10.1. The van der Waals surface area contributed by atoms with Gasteiger partial charge in [-0.1, -0.05) is 37.3 Å². The van der Waals surface area contributed by atoms with Gasteiger partial charge in [0.25, 0.3) is 0 Å². The van der Waals surface area contributed by atoms with Gasteiger partial charge in [0.1, 0.15) is 12.4 Å². The highest BCUT2D eigenvalue weighted by molar-refractivity contribution is 9.10. The molecule has 0 heterocycles. The zero-order chi connectivity index (χ0) is 13.0. The van der Waals surface area contributed by atoms with Crippen molar-refractivity contribution in [2.45, 2.75) is 20.0 Å². The zero-order valence-corrected chi connectivity index (χ0v) is 11.9. The van der Waals surface area contributed by atoms with E-state index in [0.717, 1.165) is 27.9 Å². The molecule has 0 aliphatic carbocycles. The van der Waals surface area contributed by atoms with E-state index in [-0.39, 0.29) is 0 Å². The summed E-state index contributed by atoms with van der Waals surface area (Å²) in [5.41, 5.74) is 8.86. The maximum absolute atomic E-state index is 5.86. The zero-order valence-electron chi connectivity index (χ0n) is 10.3. The predicted octanol–water partition coefficient (Wildman–Crippen LogP) is 4.17. The SMILES string of the molecule is CCc1ccccc1OCc1cccc(N)c1Br. The van der Waals surface area contributed by atoms with Crippen molar-refractivity contribution in [3.05, 3.63) is 58.1 Å². The van der Waals surface area contributed by atoms with Crippen molar-refractivity contribution in [2.24, 2.45) is 0 Å². The van der Waals surface area contributed by atoms with Crippen molar-refractivity contribution < 1.29 is 4.74 Å². The van der Waals surface area contributed by atoms with Gasteiger partial charge in [-0.05, 0) is 40.0 Å². The van der Waals surface area contributed by atoms with Crippen LogP contribution >= 0.6 is 15.9 Å². The third-order valence-corrected chi connectivity index (χ3v) is 3.81. The van der Waals surface area contributed by atoms with Crippen LogP contribution in [0, 0.1) is 0 Å². The summed E-state index contributed by atoms with van der Waals surface area (Å²) in [4.78, 5) is 0. The quantitative estimate of drug-likeness (QED) is 0.860. The third-order valence-electron chi connectivity index (χ3n) is 2.85. The van der Waals surface area contributed by atoms with Crippen LogP contribution in [-0.4, -0.2) is 0 Å². The van der Waals surface area contributed by atoms with Gasteiger partial charge >= 0.3 is 0 Å². The summed E-state index contributed by atoms with van der Waals surface area (Å²) in [5, 5.41) is 0. The summed E-state index contributed by atoms with van der Waals surface area (Å²) in [6.07, 6.45) is 0.967. The fourth-order valence-electron chi connectivity index (χ4n) is 1.80. The molecule has 0 amide bonds. The topological polar surface area (TPSA) is 35.2 Å². The first-order valence-electron chi connectivity index (χ1n) is 5.96. The highest BCUT2D eigenvalue weighted by Crippen LogP contribution is 2.26. The number of aryl methyl sites for hydroxylation is 1. The van der Waals surface area contributed by atoms with E-state index in [9.17, 15) is 0 Å². The summed E-state index contributed by atoms with van der Waals surface area (Å²) >= 11 is 3.48. The molecule has 2 rings (SSSR count). The molecule has 0 bridgehead atoms. The molecule has 2 nitrogen and oxygen atoms in total. The van der Waals surface area contributed by atoms with Gasteiger partial charge < -0.3 is 10.5 Å². The van der Waals surface area contributed by atoms with Crippen LogP contribution in [0.1, 0.15) is 18.1 Å². The maximum Gasteiger partial charge on any atom is 0.122 e. The first-order chi connectivity index (χ1) is 8.72. The molecule has 2 aromatic rings. The van der Waals surface area contributed by atoms with Crippen molar-refractivity contribution in [1.82, 2.24) is 0 Å². The Kier molecular flexibility index (Phi) is 4.26. The Hall–Kier alpha value is -1.48. The summed E-state index contributed by atoms with van der Waals surface area (Å²) in [6, 6.07) is 13.9. The Balaban J connectivity index is 2.14. The molecule has 0 fully saturated rings. The van der Waals surface area contributed by atoms with Crippen molar-refractivity contribution in [3.63, 3.8) is 0 Å². The van der Waals surface area contributed by atoms with Crippen LogP contribution < -0.4 is 10.5 Å². The molecular formula is C15H16BrNO. The molecule has 0 saturated heterocycles.